The van der Waals surface area contributed by atoms with Crippen molar-refractivity contribution in [3.8, 4) is 11.3 Å². The van der Waals surface area contributed by atoms with E-state index >= 15 is 0 Å². The van der Waals surface area contributed by atoms with Gasteiger partial charge in [-0.25, -0.2) is 4.98 Å². The number of hydrogen-bond donors (Lipinski definition) is 1. The molecular formula is C28H35N3O2S. The lowest BCUT2D eigenvalue weighted by Crippen LogP contribution is -2.19. The molecule has 6 heteroatoms. The monoisotopic (exact) mass is 477 g/mol. The summed E-state index contributed by atoms with van der Waals surface area (Å²) in [6.45, 7) is 10.2. The van der Waals surface area contributed by atoms with E-state index in [9.17, 15) is 4.79 Å². The number of benzene rings is 2. The molecule has 34 heavy (non-hydrogen) atoms. The van der Waals surface area contributed by atoms with Crippen molar-refractivity contribution >= 4 is 23.4 Å². The molecule has 1 atom stereocenters. The maximum atomic E-state index is 13.1. The number of anilines is 1. The lowest BCUT2D eigenvalue weighted by Gasteiger charge is -2.20. The van der Waals surface area contributed by atoms with Gasteiger partial charge in [0.2, 0.25) is 5.91 Å². The molecular weight excluding hydrogens is 442 g/mol. The molecule has 1 aliphatic rings. The van der Waals surface area contributed by atoms with Gasteiger partial charge < -0.3 is 14.6 Å². The largest absolute Gasteiger partial charge is 0.376 e. The summed E-state index contributed by atoms with van der Waals surface area (Å²) in [4.78, 5) is 17.8. The molecule has 1 unspecified atom stereocenters. The van der Waals surface area contributed by atoms with Crippen LogP contribution in [0, 0.1) is 0 Å². The van der Waals surface area contributed by atoms with Crippen LogP contribution in [0.4, 0.5) is 5.69 Å². The van der Waals surface area contributed by atoms with Crippen LogP contribution >= 0.6 is 11.8 Å². The minimum absolute atomic E-state index is 0.00655. The first-order valence-corrected chi connectivity index (χ1v) is 13.2. The van der Waals surface area contributed by atoms with Gasteiger partial charge in [-0.15, -0.1) is 0 Å². The normalized spacial score (nSPS) is 15.9. The molecule has 1 fully saturated rings. The first-order chi connectivity index (χ1) is 16.4. The third kappa shape index (κ3) is 5.73. The Morgan fingerprint density at radius 2 is 1.79 bits per heavy atom. The van der Waals surface area contributed by atoms with Gasteiger partial charge in [0.1, 0.15) is 0 Å². The predicted molar refractivity (Wildman–Crippen MR) is 141 cm³/mol. The van der Waals surface area contributed by atoms with Crippen molar-refractivity contribution in [2.24, 2.45) is 0 Å². The molecule has 4 rings (SSSR count). The number of carbonyl (C=O) groups excluding carboxylic acids is 1. The molecule has 0 spiro atoms. The fraction of sp³-hybridized carbons (Fsp3) is 0.429. The number of imidazole rings is 1. The second kappa shape index (κ2) is 11.2. The van der Waals surface area contributed by atoms with E-state index < -0.39 is 0 Å². The summed E-state index contributed by atoms with van der Waals surface area (Å²) in [5.74, 6) is 0.967. The fourth-order valence-electron chi connectivity index (χ4n) is 4.48. The number of para-hydroxylation sites is 1. The number of nitrogens with zero attached hydrogens (tertiary/aromatic N) is 2. The van der Waals surface area contributed by atoms with E-state index in [0.717, 1.165) is 48.1 Å². The topological polar surface area (TPSA) is 56.2 Å². The quantitative estimate of drug-likeness (QED) is 0.348. The van der Waals surface area contributed by atoms with Gasteiger partial charge in [-0.3, -0.25) is 4.79 Å². The highest BCUT2D eigenvalue weighted by Crippen LogP contribution is 2.33. The minimum atomic E-state index is -0.00655. The number of nitrogens with one attached hydrogen (secondary N) is 1. The lowest BCUT2D eigenvalue weighted by atomic mass is 9.92. The smallest absolute Gasteiger partial charge is 0.234 e. The Morgan fingerprint density at radius 3 is 2.41 bits per heavy atom. The zero-order chi connectivity index (χ0) is 24.1. The first-order valence-electron chi connectivity index (χ1n) is 12.2. The zero-order valence-corrected chi connectivity index (χ0v) is 21.4. The average molecular weight is 478 g/mol. The third-order valence-electron chi connectivity index (χ3n) is 6.27. The van der Waals surface area contributed by atoms with E-state index in [1.54, 1.807) is 0 Å². The summed E-state index contributed by atoms with van der Waals surface area (Å²) in [5.41, 5.74) is 5.50. The van der Waals surface area contributed by atoms with Crippen LogP contribution in [0.2, 0.25) is 0 Å². The van der Waals surface area contributed by atoms with Crippen LogP contribution in [-0.2, 0) is 16.1 Å². The summed E-state index contributed by atoms with van der Waals surface area (Å²) in [7, 11) is 0. The number of thioether (sulfide) groups is 1. The van der Waals surface area contributed by atoms with E-state index in [2.05, 4.69) is 67.9 Å². The Labute approximate surface area is 207 Å². The SMILES string of the molecule is CC(C)c1cccc(C(C)C)c1NC(=O)CSc1ncc(-c2ccccc2)n1CC1CCCO1. The van der Waals surface area contributed by atoms with Crippen LogP contribution in [0.5, 0.6) is 0 Å². The molecule has 1 aliphatic heterocycles. The highest BCUT2D eigenvalue weighted by Gasteiger charge is 2.22. The molecule has 0 radical (unpaired) electrons. The van der Waals surface area contributed by atoms with Crippen LogP contribution in [0.1, 0.15) is 63.5 Å². The fourth-order valence-corrected chi connectivity index (χ4v) is 5.27. The van der Waals surface area contributed by atoms with Gasteiger partial charge in [0.15, 0.2) is 5.16 Å². The first kappa shape index (κ1) is 24.6. The second-order valence-corrected chi connectivity index (χ2v) is 10.4. The molecule has 0 bridgehead atoms. The van der Waals surface area contributed by atoms with Crippen molar-refractivity contribution in [1.82, 2.24) is 9.55 Å². The van der Waals surface area contributed by atoms with E-state index in [1.807, 2.05) is 24.4 Å². The summed E-state index contributed by atoms with van der Waals surface area (Å²) in [5, 5.41) is 4.07. The number of aromatic nitrogens is 2. The van der Waals surface area contributed by atoms with Gasteiger partial charge >= 0.3 is 0 Å². The van der Waals surface area contributed by atoms with Crippen molar-refractivity contribution in [2.45, 2.75) is 70.2 Å². The van der Waals surface area contributed by atoms with Gasteiger partial charge in [0, 0.05) is 12.3 Å². The van der Waals surface area contributed by atoms with E-state index in [0.29, 0.717) is 17.6 Å². The molecule has 180 valence electrons. The highest BCUT2D eigenvalue weighted by atomic mass is 32.2. The van der Waals surface area contributed by atoms with Crippen LogP contribution < -0.4 is 5.32 Å². The second-order valence-electron chi connectivity index (χ2n) is 9.50. The lowest BCUT2D eigenvalue weighted by molar-refractivity contribution is -0.113. The Balaban J connectivity index is 1.53. The number of rotatable bonds is 9. The average Bonchev–Trinajstić information content (AvgIpc) is 3.48. The number of hydrogen-bond acceptors (Lipinski definition) is 4. The maximum absolute atomic E-state index is 13.1. The number of amides is 1. The molecule has 3 aromatic rings. The van der Waals surface area contributed by atoms with E-state index in [4.69, 9.17) is 9.72 Å². The molecule has 2 aromatic carbocycles. The molecule has 1 aromatic heterocycles. The molecule has 1 N–H and O–H groups in total. The van der Waals surface area contributed by atoms with Crippen LogP contribution in [0.25, 0.3) is 11.3 Å². The third-order valence-corrected chi connectivity index (χ3v) is 7.26. The van der Waals surface area contributed by atoms with Gasteiger partial charge in [0.05, 0.1) is 30.3 Å². The number of ether oxygens (including phenoxy) is 1. The standard InChI is InChI=1S/C28H35N3O2S/c1-19(2)23-13-8-14-24(20(3)4)27(23)30-26(32)18-34-28-29-16-25(21-10-6-5-7-11-21)31(28)17-22-12-9-15-33-22/h5-8,10-11,13-14,16,19-20,22H,9,12,15,17-18H2,1-4H3,(H,30,32). The van der Waals surface area contributed by atoms with Crippen molar-refractivity contribution in [3.05, 3.63) is 65.9 Å². The predicted octanol–water partition coefficient (Wildman–Crippen LogP) is 6.71. The zero-order valence-electron chi connectivity index (χ0n) is 20.6. The van der Waals surface area contributed by atoms with Gasteiger partial charge in [-0.1, -0.05) is 88.0 Å². The van der Waals surface area contributed by atoms with Gasteiger partial charge in [-0.05, 0) is 41.4 Å². The summed E-state index contributed by atoms with van der Waals surface area (Å²) >= 11 is 1.49. The van der Waals surface area contributed by atoms with Crippen molar-refractivity contribution in [1.29, 1.82) is 0 Å². The Hall–Kier alpha value is -2.57. The molecule has 5 nitrogen and oxygen atoms in total. The van der Waals surface area contributed by atoms with Crippen molar-refractivity contribution in [2.75, 3.05) is 17.7 Å². The van der Waals surface area contributed by atoms with Crippen LogP contribution in [0.3, 0.4) is 0 Å². The summed E-state index contributed by atoms with van der Waals surface area (Å²) in [6.07, 6.45) is 4.26. The van der Waals surface area contributed by atoms with Crippen molar-refractivity contribution < 1.29 is 9.53 Å². The number of carbonyl (C=O) groups is 1. The minimum Gasteiger partial charge on any atom is -0.376 e. The molecule has 1 amide bonds. The van der Waals surface area contributed by atoms with Crippen LogP contribution in [-0.4, -0.2) is 33.9 Å². The Bertz CT molecular complexity index is 1080. The van der Waals surface area contributed by atoms with E-state index in [-0.39, 0.29) is 12.0 Å². The van der Waals surface area contributed by atoms with Gasteiger partial charge in [-0.2, -0.15) is 0 Å². The van der Waals surface area contributed by atoms with Crippen molar-refractivity contribution in [3.63, 3.8) is 0 Å². The van der Waals surface area contributed by atoms with Crippen LogP contribution in [0.15, 0.2) is 59.9 Å². The molecule has 0 saturated carbocycles. The highest BCUT2D eigenvalue weighted by molar-refractivity contribution is 7.99. The maximum Gasteiger partial charge on any atom is 0.234 e. The summed E-state index contributed by atoms with van der Waals surface area (Å²) < 4.78 is 8.12. The molecule has 0 aliphatic carbocycles. The summed E-state index contributed by atoms with van der Waals surface area (Å²) in [6, 6.07) is 16.6. The Morgan fingerprint density at radius 1 is 1.09 bits per heavy atom. The van der Waals surface area contributed by atoms with E-state index in [1.165, 1.54) is 22.9 Å². The van der Waals surface area contributed by atoms with Gasteiger partial charge in [0.25, 0.3) is 0 Å². The Kier molecular flexibility index (Phi) is 8.11. The molecule has 1 saturated heterocycles. The molecule has 2 heterocycles.